The summed E-state index contributed by atoms with van der Waals surface area (Å²) >= 11 is 0. The fourth-order valence-electron chi connectivity index (χ4n) is 2.84. The number of hydrogen-bond donors (Lipinski definition) is 2. The first-order valence-corrected chi connectivity index (χ1v) is 7.42. The maximum absolute atomic E-state index is 13.0. The minimum absolute atomic E-state index is 0.0590. The smallest absolute Gasteiger partial charge is 0.220 e. The Kier molecular flexibility index (Phi) is 5.53. The Morgan fingerprint density at radius 2 is 2.15 bits per heavy atom. The molecule has 0 heterocycles. The molecule has 0 radical (unpaired) electrons. The van der Waals surface area contributed by atoms with Gasteiger partial charge in [0.25, 0.3) is 0 Å². The Balaban J connectivity index is 1.70. The molecule has 2 rings (SSSR count). The van der Waals surface area contributed by atoms with E-state index in [1.807, 2.05) is 6.07 Å². The summed E-state index contributed by atoms with van der Waals surface area (Å²) in [7, 11) is 0. The standard InChI is InChI=1S/C16H23FN2O/c17-14-6-3-4-12(10-14)8-9-19-16(20)11-13-5-1-2-7-15(13)18/h3-4,6,10,13,15H,1-2,5,7-9,11,18H2,(H,19,20). The molecule has 1 aliphatic rings. The van der Waals surface area contributed by atoms with E-state index in [0.29, 0.717) is 25.3 Å². The molecule has 4 heteroatoms. The van der Waals surface area contributed by atoms with Crippen molar-refractivity contribution in [2.45, 2.75) is 44.6 Å². The van der Waals surface area contributed by atoms with E-state index >= 15 is 0 Å². The van der Waals surface area contributed by atoms with Crippen LogP contribution in [0.5, 0.6) is 0 Å². The number of carbonyl (C=O) groups is 1. The first-order valence-electron chi connectivity index (χ1n) is 7.42. The Morgan fingerprint density at radius 1 is 1.35 bits per heavy atom. The van der Waals surface area contributed by atoms with Crippen molar-refractivity contribution >= 4 is 5.91 Å². The van der Waals surface area contributed by atoms with Crippen LogP contribution >= 0.6 is 0 Å². The zero-order chi connectivity index (χ0) is 14.4. The summed E-state index contributed by atoms with van der Waals surface area (Å²) in [5.41, 5.74) is 6.94. The maximum Gasteiger partial charge on any atom is 0.220 e. The van der Waals surface area contributed by atoms with Crippen LogP contribution in [0.25, 0.3) is 0 Å². The summed E-state index contributed by atoms with van der Waals surface area (Å²) in [5, 5.41) is 2.90. The SMILES string of the molecule is NC1CCCCC1CC(=O)NCCc1cccc(F)c1. The molecular formula is C16H23FN2O. The Morgan fingerprint density at radius 3 is 2.90 bits per heavy atom. The van der Waals surface area contributed by atoms with Gasteiger partial charge in [0.15, 0.2) is 0 Å². The van der Waals surface area contributed by atoms with Crippen molar-refractivity contribution in [2.75, 3.05) is 6.54 Å². The number of amides is 1. The van der Waals surface area contributed by atoms with Crippen LogP contribution < -0.4 is 11.1 Å². The molecule has 110 valence electrons. The number of nitrogens with two attached hydrogens (primary N) is 1. The van der Waals surface area contributed by atoms with Gasteiger partial charge in [0.05, 0.1) is 0 Å². The highest BCUT2D eigenvalue weighted by Crippen LogP contribution is 2.25. The number of carbonyl (C=O) groups excluding carboxylic acids is 1. The summed E-state index contributed by atoms with van der Waals surface area (Å²) < 4.78 is 13.0. The lowest BCUT2D eigenvalue weighted by Crippen LogP contribution is -2.37. The average molecular weight is 278 g/mol. The first-order chi connectivity index (χ1) is 9.65. The van der Waals surface area contributed by atoms with Gasteiger partial charge in [-0.25, -0.2) is 4.39 Å². The summed E-state index contributed by atoms with van der Waals surface area (Å²) in [5.74, 6) is 0.142. The Bertz CT molecular complexity index is 450. The van der Waals surface area contributed by atoms with Gasteiger partial charge in [-0.15, -0.1) is 0 Å². The van der Waals surface area contributed by atoms with E-state index in [9.17, 15) is 9.18 Å². The molecule has 2 atom stereocenters. The van der Waals surface area contributed by atoms with E-state index in [0.717, 1.165) is 18.4 Å². The molecule has 0 bridgehead atoms. The van der Waals surface area contributed by atoms with Gasteiger partial charge in [-0.3, -0.25) is 4.79 Å². The number of nitrogens with one attached hydrogen (secondary N) is 1. The van der Waals surface area contributed by atoms with Crippen molar-refractivity contribution in [3.05, 3.63) is 35.6 Å². The Hall–Kier alpha value is -1.42. The zero-order valence-corrected chi connectivity index (χ0v) is 11.8. The highest BCUT2D eigenvalue weighted by Gasteiger charge is 2.23. The largest absolute Gasteiger partial charge is 0.356 e. The third-order valence-electron chi connectivity index (χ3n) is 4.04. The molecule has 3 nitrogen and oxygen atoms in total. The van der Waals surface area contributed by atoms with Crippen LogP contribution in [0.3, 0.4) is 0 Å². The molecule has 0 aliphatic heterocycles. The molecular weight excluding hydrogens is 255 g/mol. The molecule has 20 heavy (non-hydrogen) atoms. The van der Waals surface area contributed by atoms with Crippen molar-refractivity contribution in [2.24, 2.45) is 11.7 Å². The minimum atomic E-state index is -0.234. The van der Waals surface area contributed by atoms with Crippen LogP contribution in [-0.2, 0) is 11.2 Å². The van der Waals surface area contributed by atoms with E-state index in [-0.39, 0.29) is 17.8 Å². The van der Waals surface area contributed by atoms with E-state index in [4.69, 9.17) is 5.73 Å². The van der Waals surface area contributed by atoms with Gasteiger partial charge in [-0.05, 0) is 42.9 Å². The monoisotopic (exact) mass is 278 g/mol. The molecule has 0 spiro atoms. The Labute approximate surface area is 119 Å². The molecule has 0 saturated heterocycles. The van der Waals surface area contributed by atoms with Crippen molar-refractivity contribution < 1.29 is 9.18 Å². The highest BCUT2D eigenvalue weighted by atomic mass is 19.1. The van der Waals surface area contributed by atoms with Gasteiger partial charge >= 0.3 is 0 Å². The van der Waals surface area contributed by atoms with E-state index in [1.54, 1.807) is 6.07 Å². The molecule has 1 fully saturated rings. The van der Waals surface area contributed by atoms with Gasteiger partial charge in [0.2, 0.25) is 5.91 Å². The van der Waals surface area contributed by atoms with Crippen LogP contribution in [0, 0.1) is 11.7 Å². The molecule has 0 aromatic heterocycles. The summed E-state index contributed by atoms with van der Waals surface area (Å²) in [6, 6.07) is 6.65. The zero-order valence-electron chi connectivity index (χ0n) is 11.8. The van der Waals surface area contributed by atoms with Crippen LogP contribution in [0.15, 0.2) is 24.3 Å². The maximum atomic E-state index is 13.0. The van der Waals surface area contributed by atoms with Gasteiger partial charge in [-0.2, -0.15) is 0 Å². The number of halogens is 1. The third-order valence-corrected chi connectivity index (χ3v) is 4.04. The lowest BCUT2D eigenvalue weighted by molar-refractivity contribution is -0.122. The topological polar surface area (TPSA) is 55.1 Å². The minimum Gasteiger partial charge on any atom is -0.356 e. The second kappa shape index (κ2) is 7.39. The second-order valence-electron chi connectivity index (χ2n) is 5.64. The van der Waals surface area contributed by atoms with Gasteiger partial charge in [0.1, 0.15) is 5.82 Å². The van der Waals surface area contributed by atoms with Crippen LogP contribution in [0.1, 0.15) is 37.7 Å². The first kappa shape index (κ1) is 15.0. The van der Waals surface area contributed by atoms with Crippen molar-refractivity contribution in [1.82, 2.24) is 5.32 Å². The quantitative estimate of drug-likeness (QED) is 0.869. The van der Waals surface area contributed by atoms with Gasteiger partial charge < -0.3 is 11.1 Å². The fourth-order valence-corrected chi connectivity index (χ4v) is 2.84. The van der Waals surface area contributed by atoms with Gasteiger partial charge in [-0.1, -0.05) is 25.0 Å². The molecule has 1 aromatic rings. The number of rotatable bonds is 5. The number of benzene rings is 1. The summed E-state index contributed by atoms with van der Waals surface area (Å²) in [4.78, 5) is 11.9. The predicted molar refractivity (Wildman–Crippen MR) is 77.7 cm³/mol. The lowest BCUT2D eigenvalue weighted by atomic mass is 9.83. The van der Waals surface area contributed by atoms with E-state index in [2.05, 4.69) is 5.32 Å². The molecule has 1 saturated carbocycles. The number of hydrogen-bond acceptors (Lipinski definition) is 2. The van der Waals surface area contributed by atoms with Crippen molar-refractivity contribution in [3.63, 3.8) is 0 Å². The second-order valence-corrected chi connectivity index (χ2v) is 5.64. The average Bonchev–Trinajstić information content (AvgIpc) is 2.41. The summed E-state index contributed by atoms with van der Waals surface area (Å²) in [6.45, 7) is 0.546. The summed E-state index contributed by atoms with van der Waals surface area (Å²) in [6.07, 6.45) is 5.61. The third kappa shape index (κ3) is 4.60. The highest BCUT2D eigenvalue weighted by molar-refractivity contribution is 5.76. The molecule has 2 unspecified atom stereocenters. The van der Waals surface area contributed by atoms with E-state index in [1.165, 1.54) is 25.0 Å². The van der Waals surface area contributed by atoms with Crippen molar-refractivity contribution in [3.8, 4) is 0 Å². The molecule has 1 aliphatic carbocycles. The molecule has 1 amide bonds. The van der Waals surface area contributed by atoms with Crippen LogP contribution in [0.4, 0.5) is 4.39 Å². The van der Waals surface area contributed by atoms with E-state index < -0.39 is 0 Å². The van der Waals surface area contributed by atoms with Gasteiger partial charge in [0, 0.05) is 19.0 Å². The predicted octanol–water partition coefficient (Wildman–Crippen LogP) is 2.39. The van der Waals surface area contributed by atoms with Crippen molar-refractivity contribution in [1.29, 1.82) is 0 Å². The molecule has 1 aromatic carbocycles. The van der Waals surface area contributed by atoms with Crippen LogP contribution in [-0.4, -0.2) is 18.5 Å². The molecule has 3 N–H and O–H groups in total. The fraction of sp³-hybridized carbons (Fsp3) is 0.562. The van der Waals surface area contributed by atoms with Crippen LogP contribution in [0.2, 0.25) is 0 Å². The normalized spacial score (nSPS) is 22.5. The lowest BCUT2D eigenvalue weighted by Gasteiger charge is -2.27.